The van der Waals surface area contributed by atoms with E-state index >= 15 is 0 Å². The molecule has 52 heavy (non-hydrogen) atoms. The maximum atomic E-state index is 13.0. The van der Waals surface area contributed by atoms with Crippen LogP contribution < -0.4 is 0 Å². The lowest BCUT2D eigenvalue weighted by Crippen LogP contribution is -2.19. The Morgan fingerprint density at radius 2 is 0.865 bits per heavy atom. The van der Waals surface area contributed by atoms with Gasteiger partial charge in [0.2, 0.25) is 0 Å². The lowest BCUT2D eigenvalue weighted by atomic mass is 10.1. The van der Waals surface area contributed by atoms with Crippen LogP contribution in [0.4, 0.5) is 0 Å². The first-order chi connectivity index (χ1) is 25.3. The quantitative estimate of drug-likeness (QED) is 0.0319. The average molecular weight is 747 g/mol. The third kappa shape index (κ3) is 25.5. The van der Waals surface area contributed by atoms with Crippen LogP contribution in [0.2, 0.25) is 0 Å². The van der Waals surface area contributed by atoms with E-state index in [-0.39, 0.29) is 18.8 Å². The van der Waals surface area contributed by atoms with Crippen molar-refractivity contribution >= 4 is 22.1 Å². The third-order valence-corrected chi connectivity index (χ3v) is 10.4. The van der Waals surface area contributed by atoms with Crippen LogP contribution in [0, 0.1) is 0 Å². The largest absolute Gasteiger partial charge is 0.462 e. The number of unbranched alkanes of at least 4 members (excludes halogenated alkanes) is 24. The number of esters is 2. The monoisotopic (exact) mass is 747 g/mol. The molecule has 7 nitrogen and oxygen atoms in total. The smallest absolute Gasteiger partial charge is 0.340 e. The number of carbonyl (C=O) groups is 2. The van der Waals surface area contributed by atoms with E-state index in [0.29, 0.717) is 12.8 Å². The van der Waals surface area contributed by atoms with Crippen LogP contribution in [-0.2, 0) is 19.6 Å². The molecule has 0 spiro atoms. The minimum atomic E-state index is -4.77. The van der Waals surface area contributed by atoms with E-state index < -0.39 is 32.5 Å². The highest BCUT2D eigenvalue weighted by Gasteiger charge is 2.28. The van der Waals surface area contributed by atoms with E-state index in [1.165, 1.54) is 141 Å². The molecular formula is C44H74O7S. The molecule has 0 atom stereocenters. The summed E-state index contributed by atoms with van der Waals surface area (Å²) in [6.45, 7) is 4.72. The fraction of sp³-hybridized carbons (Fsp3) is 0.727. The average Bonchev–Trinajstić information content (AvgIpc) is 3.13. The van der Waals surface area contributed by atoms with Crippen molar-refractivity contribution < 1.29 is 32.0 Å². The number of carbonyl (C=O) groups excluding carboxylic acids is 2. The van der Waals surface area contributed by atoms with E-state index in [1.54, 1.807) is 0 Å². The van der Waals surface area contributed by atoms with Gasteiger partial charge in [0.05, 0.1) is 24.3 Å². The molecule has 1 aromatic rings. The molecule has 0 heterocycles. The van der Waals surface area contributed by atoms with Gasteiger partial charge in [-0.2, -0.15) is 8.42 Å². The highest BCUT2D eigenvalue weighted by atomic mass is 32.2. The Balaban J connectivity index is 2.30. The van der Waals surface area contributed by atoms with Gasteiger partial charge in [-0.1, -0.05) is 160 Å². The van der Waals surface area contributed by atoms with E-state index in [4.69, 9.17) is 9.47 Å². The summed E-state index contributed by atoms with van der Waals surface area (Å²) in [4.78, 5) is 25.3. The molecule has 0 fully saturated rings. The second-order valence-corrected chi connectivity index (χ2v) is 15.7. The van der Waals surface area contributed by atoms with Crippen LogP contribution in [0.1, 0.15) is 214 Å². The molecule has 0 bridgehead atoms. The van der Waals surface area contributed by atoms with E-state index in [1.807, 2.05) is 0 Å². The Bertz CT molecular complexity index is 1200. The van der Waals surface area contributed by atoms with Crippen molar-refractivity contribution in [2.24, 2.45) is 0 Å². The zero-order valence-corrected chi connectivity index (χ0v) is 33.9. The summed E-state index contributed by atoms with van der Waals surface area (Å²) in [5.74, 6) is -1.79. The van der Waals surface area contributed by atoms with Gasteiger partial charge >= 0.3 is 11.9 Å². The van der Waals surface area contributed by atoms with Crippen LogP contribution in [-0.4, -0.2) is 38.1 Å². The van der Waals surface area contributed by atoms with Gasteiger partial charge in [-0.15, -0.1) is 0 Å². The first-order valence-electron chi connectivity index (χ1n) is 21.1. The van der Waals surface area contributed by atoms with E-state index in [0.717, 1.165) is 44.6 Å². The zero-order chi connectivity index (χ0) is 38.0. The van der Waals surface area contributed by atoms with Crippen LogP contribution in [0.25, 0.3) is 0 Å². The van der Waals surface area contributed by atoms with Gasteiger partial charge in [-0.05, 0) is 76.3 Å². The molecular weight excluding hydrogens is 673 g/mol. The molecule has 0 unspecified atom stereocenters. The molecule has 1 aromatic carbocycles. The van der Waals surface area contributed by atoms with Crippen molar-refractivity contribution in [3.05, 3.63) is 53.6 Å². The third-order valence-electron chi connectivity index (χ3n) is 9.51. The molecule has 1 rings (SSSR count). The second kappa shape index (κ2) is 33.1. The highest BCUT2D eigenvalue weighted by Crippen LogP contribution is 2.23. The Kier molecular flexibility index (Phi) is 30.3. The summed E-state index contributed by atoms with van der Waals surface area (Å²) in [6, 6.07) is 3.71. The Labute approximate surface area is 318 Å². The topological polar surface area (TPSA) is 107 Å². The van der Waals surface area contributed by atoms with Crippen LogP contribution in [0.3, 0.4) is 0 Å². The summed E-state index contributed by atoms with van der Waals surface area (Å²) in [5.41, 5.74) is -0.715. The summed E-state index contributed by atoms with van der Waals surface area (Å²) in [5, 5.41) is 0. The number of allylic oxidation sites excluding steroid dienone is 4. The Morgan fingerprint density at radius 1 is 0.519 bits per heavy atom. The molecule has 0 aliphatic rings. The second-order valence-electron chi connectivity index (χ2n) is 14.3. The van der Waals surface area contributed by atoms with Crippen molar-refractivity contribution in [1.82, 2.24) is 0 Å². The number of ether oxygens (including phenoxy) is 2. The molecule has 0 radical (unpaired) electrons. The zero-order valence-electron chi connectivity index (χ0n) is 33.1. The summed E-state index contributed by atoms with van der Waals surface area (Å²) in [6.07, 6.45) is 42.2. The van der Waals surface area contributed by atoms with Crippen molar-refractivity contribution in [3.63, 3.8) is 0 Å². The Hall–Kier alpha value is -2.45. The Morgan fingerprint density at radius 3 is 1.25 bits per heavy atom. The number of hydrogen-bond donors (Lipinski definition) is 1. The van der Waals surface area contributed by atoms with Gasteiger partial charge in [0.25, 0.3) is 10.1 Å². The SMILES string of the molecule is CCCCCCCCCCCC/C=C/CCCCOC(=O)c1cccc(S(=O)(=O)O)c1C(=O)OCCCC/C=C/CCCCCCCCCCCC. The summed E-state index contributed by atoms with van der Waals surface area (Å²) < 4.78 is 44.7. The lowest BCUT2D eigenvalue weighted by Gasteiger charge is -2.12. The molecule has 0 saturated carbocycles. The first kappa shape index (κ1) is 47.6. The van der Waals surface area contributed by atoms with Gasteiger partial charge in [0, 0.05) is 0 Å². The molecule has 0 saturated heterocycles. The van der Waals surface area contributed by atoms with Gasteiger partial charge in [-0.3, -0.25) is 4.55 Å². The number of rotatable bonds is 35. The van der Waals surface area contributed by atoms with Crippen molar-refractivity contribution in [2.75, 3.05) is 13.2 Å². The summed E-state index contributed by atoms with van der Waals surface area (Å²) in [7, 11) is -4.77. The molecule has 0 aromatic heterocycles. The normalized spacial score (nSPS) is 11.9. The highest BCUT2D eigenvalue weighted by molar-refractivity contribution is 7.86. The van der Waals surface area contributed by atoms with Crippen LogP contribution in [0.5, 0.6) is 0 Å². The molecule has 0 aliphatic heterocycles. The predicted octanol–water partition coefficient (Wildman–Crippen LogP) is 13.3. The van der Waals surface area contributed by atoms with E-state index in [2.05, 4.69) is 38.2 Å². The van der Waals surface area contributed by atoms with Gasteiger partial charge < -0.3 is 9.47 Å². The minimum Gasteiger partial charge on any atom is -0.462 e. The molecule has 8 heteroatoms. The fourth-order valence-electron chi connectivity index (χ4n) is 6.31. The van der Waals surface area contributed by atoms with E-state index in [9.17, 15) is 22.6 Å². The number of benzene rings is 1. The van der Waals surface area contributed by atoms with Gasteiger partial charge in [0.1, 0.15) is 4.90 Å². The fourth-order valence-corrected chi connectivity index (χ4v) is 7.01. The maximum absolute atomic E-state index is 13.0. The molecule has 0 aliphatic carbocycles. The molecule has 298 valence electrons. The van der Waals surface area contributed by atoms with Gasteiger partial charge in [0.15, 0.2) is 0 Å². The van der Waals surface area contributed by atoms with Crippen LogP contribution >= 0.6 is 0 Å². The van der Waals surface area contributed by atoms with Crippen LogP contribution in [0.15, 0.2) is 47.4 Å². The predicted molar refractivity (Wildman–Crippen MR) is 216 cm³/mol. The standard InChI is InChI=1S/C44H74O7S/c1-3-5-7-9-11-13-15-17-19-21-23-25-27-29-31-33-38-50-43(45)40-36-35-37-41(52(47,48)49)42(40)44(46)51-39-34-32-30-28-26-24-22-20-18-16-14-12-10-8-6-4-2/h25-28,35-37H,3-24,29-34,38-39H2,1-2H3,(H,47,48,49)/b27-25+,28-26+. The molecule has 1 N–H and O–H groups in total. The maximum Gasteiger partial charge on any atom is 0.340 e. The lowest BCUT2D eigenvalue weighted by molar-refractivity contribution is 0.0447. The summed E-state index contributed by atoms with van der Waals surface area (Å²) >= 11 is 0. The molecule has 0 amide bonds. The van der Waals surface area contributed by atoms with Crippen molar-refractivity contribution in [2.45, 2.75) is 199 Å². The number of hydrogen-bond acceptors (Lipinski definition) is 6. The minimum absolute atomic E-state index is 0.0755. The van der Waals surface area contributed by atoms with Gasteiger partial charge in [-0.25, -0.2) is 9.59 Å². The first-order valence-corrected chi connectivity index (χ1v) is 22.5. The van der Waals surface area contributed by atoms with Crippen molar-refractivity contribution in [3.8, 4) is 0 Å². The van der Waals surface area contributed by atoms with Crippen molar-refractivity contribution in [1.29, 1.82) is 0 Å².